The van der Waals surface area contributed by atoms with E-state index in [9.17, 15) is 17.3 Å². The predicted octanol–water partition coefficient (Wildman–Crippen LogP) is 5.39. The third kappa shape index (κ3) is 5.79. The second kappa shape index (κ2) is 9.39. The van der Waals surface area contributed by atoms with Crippen molar-refractivity contribution < 1.29 is 21.9 Å². The Morgan fingerprint density at radius 2 is 1.17 bits per heavy atom. The highest BCUT2D eigenvalue weighted by molar-refractivity contribution is 6.50. The smallest absolute Gasteiger partial charge is 0.418 e. The molecular formula is C22H20BF4N3. The van der Waals surface area contributed by atoms with Gasteiger partial charge in [-0.1, -0.05) is 66.7 Å². The van der Waals surface area contributed by atoms with Gasteiger partial charge in [0, 0.05) is 5.56 Å². The summed E-state index contributed by atoms with van der Waals surface area (Å²) in [7, 11) is -3.92. The van der Waals surface area contributed by atoms with Gasteiger partial charge in [-0.2, -0.15) is 0 Å². The fraction of sp³-hybridized carbons (Fsp3) is 0.0909. The summed E-state index contributed by atoms with van der Waals surface area (Å²) in [6, 6.07) is 31.2. The number of benzene rings is 3. The van der Waals surface area contributed by atoms with Gasteiger partial charge in [-0.25, -0.2) is 4.57 Å². The van der Waals surface area contributed by atoms with Crippen LogP contribution in [-0.4, -0.2) is 16.9 Å². The van der Waals surface area contributed by atoms with Gasteiger partial charge in [-0.3, -0.25) is 0 Å². The quantitative estimate of drug-likeness (QED) is 0.250. The summed E-state index contributed by atoms with van der Waals surface area (Å²) in [5.74, 6) is 2.07. The van der Waals surface area contributed by atoms with Crippen molar-refractivity contribution in [2.45, 2.75) is 6.54 Å². The van der Waals surface area contributed by atoms with Crippen molar-refractivity contribution in [3.05, 3.63) is 96.6 Å². The summed E-state index contributed by atoms with van der Waals surface area (Å²) >= 11 is 0. The van der Waals surface area contributed by atoms with Crippen LogP contribution in [0.25, 0.3) is 22.8 Å². The average molecular weight is 413 g/mol. The van der Waals surface area contributed by atoms with E-state index in [1.807, 2.05) is 30.3 Å². The zero-order valence-electron chi connectivity index (χ0n) is 16.3. The Morgan fingerprint density at radius 1 is 0.733 bits per heavy atom. The highest BCUT2D eigenvalue weighted by Gasteiger charge is 2.25. The summed E-state index contributed by atoms with van der Waals surface area (Å²) in [5.41, 5.74) is 3.52. The van der Waals surface area contributed by atoms with Gasteiger partial charge in [-0.15, -0.1) is 4.68 Å². The fourth-order valence-electron chi connectivity index (χ4n) is 3.14. The molecule has 0 N–H and O–H groups in total. The lowest BCUT2D eigenvalue weighted by atomic mass is 10.2. The maximum absolute atomic E-state index is 9.75. The first-order valence-corrected chi connectivity index (χ1v) is 9.32. The Labute approximate surface area is 172 Å². The van der Waals surface area contributed by atoms with Crippen LogP contribution in [0.5, 0.6) is 0 Å². The molecule has 0 aliphatic heterocycles. The molecule has 0 radical (unpaired) electrons. The number of rotatable bonds is 4. The van der Waals surface area contributed by atoms with Crippen LogP contribution >= 0.6 is 0 Å². The zero-order valence-corrected chi connectivity index (χ0v) is 16.3. The molecule has 30 heavy (non-hydrogen) atoms. The van der Waals surface area contributed by atoms with Crippen LogP contribution < -0.4 is 4.68 Å². The minimum atomic E-state index is -6.00. The largest absolute Gasteiger partial charge is 0.673 e. The monoisotopic (exact) mass is 413 g/mol. The Hall–Kier alpha value is -3.42. The molecule has 0 saturated carbocycles. The first-order chi connectivity index (χ1) is 14.3. The van der Waals surface area contributed by atoms with Crippen molar-refractivity contribution in [3.8, 4) is 22.8 Å². The molecule has 0 atom stereocenters. The molecule has 1 heterocycles. The summed E-state index contributed by atoms with van der Waals surface area (Å²) < 4.78 is 43.3. The van der Waals surface area contributed by atoms with Crippen LogP contribution in [0.4, 0.5) is 17.3 Å². The molecule has 1 aromatic heterocycles. The summed E-state index contributed by atoms with van der Waals surface area (Å²) in [6.07, 6.45) is 0. The van der Waals surface area contributed by atoms with E-state index in [4.69, 9.17) is 5.10 Å². The Bertz CT molecular complexity index is 1060. The first-order valence-electron chi connectivity index (χ1n) is 9.32. The summed E-state index contributed by atoms with van der Waals surface area (Å²) in [5, 5.41) is 4.93. The molecule has 3 nitrogen and oxygen atoms in total. The topological polar surface area (TPSA) is 21.7 Å². The number of aromatic nitrogens is 3. The maximum Gasteiger partial charge on any atom is 0.673 e. The lowest BCUT2D eigenvalue weighted by Crippen LogP contribution is -2.38. The highest BCUT2D eigenvalue weighted by atomic mass is 19.5. The molecule has 4 aromatic rings. The number of nitrogens with zero attached hydrogens (tertiary/aromatic N) is 3. The van der Waals surface area contributed by atoms with E-state index < -0.39 is 7.25 Å². The number of hydrogen-bond donors (Lipinski definition) is 0. The van der Waals surface area contributed by atoms with Gasteiger partial charge in [-0.05, 0) is 34.9 Å². The molecule has 0 aliphatic rings. The van der Waals surface area contributed by atoms with E-state index in [-0.39, 0.29) is 0 Å². The standard InChI is InChI=1S/C22H20N3.BF4/c1-24-21(19-13-7-3-8-14-19)23-25(17-18-11-5-2-6-12-18)22(24)20-15-9-4-10-16-20;2-1(3,4)5/h2-16H,17H2,1H3;/q+1;-1. The van der Waals surface area contributed by atoms with Crippen molar-refractivity contribution in [1.82, 2.24) is 9.67 Å². The average Bonchev–Trinajstić information content (AvgIpc) is 3.04. The van der Waals surface area contributed by atoms with E-state index in [1.54, 1.807) is 0 Å². The molecule has 4 rings (SSSR count). The van der Waals surface area contributed by atoms with Crippen LogP contribution in [0.15, 0.2) is 91.0 Å². The molecule has 0 bridgehead atoms. The molecule has 154 valence electrons. The van der Waals surface area contributed by atoms with Crippen LogP contribution in [0.2, 0.25) is 0 Å². The van der Waals surface area contributed by atoms with Gasteiger partial charge in [0.1, 0.15) is 6.54 Å². The van der Waals surface area contributed by atoms with Crippen LogP contribution in [-0.2, 0) is 13.6 Å². The van der Waals surface area contributed by atoms with Crippen LogP contribution in [0, 0.1) is 0 Å². The van der Waals surface area contributed by atoms with Gasteiger partial charge in [0.15, 0.2) is 0 Å². The van der Waals surface area contributed by atoms with Crippen LogP contribution in [0.1, 0.15) is 5.56 Å². The van der Waals surface area contributed by atoms with Crippen molar-refractivity contribution in [3.63, 3.8) is 0 Å². The first kappa shape index (κ1) is 21.3. The highest BCUT2D eigenvalue weighted by Crippen LogP contribution is 2.22. The Balaban J connectivity index is 0.000000461. The molecule has 3 aromatic carbocycles. The molecular weight excluding hydrogens is 393 g/mol. The van der Waals surface area contributed by atoms with Gasteiger partial charge in [0.05, 0.1) is 12.6 Å². The van der Waals surface area contributed by atoms with Gasteiger partial charge in [0.2, 0.25) is 0 Å². The lowest BCUT2D eigenvalue weighted by Gasteiger charge is -2.01. The van der Waals surface area contributed by atoms with Gasteiger partial charge >= 0.3 is 13.1 Å². The van der Waals surface area contributed by atoms with Crippen molar-refractivity contribution in [2.24, 2.45) is 7.05 Å². The second-order valence-electron chi connectivity index (χ2n) is 6.58. The molecule has 0 saturated heterocycles. The van der Waals surface area contributed by atoms with E-state index in [1.165, 1.54) is 5.56 Å². The SMILES string of the molecule is Cn1c(-c2ccccc2)n[n+](Cc2ccccc2)c1-c1ccccc1.F[B-](F)(F)F. The van der Waals surface area contributed by atoms with E-state index in [2.05, 4.69) is 77.0 Å². The summed E-state index contributed by atoms with van der Waals surface area (Å²) in [4.78, 5) is 0. The Kier molecular flexibility index (Phi) is 6.67. The molecule has 0 aliphatic carbocycles. The molecule has 0 spiro atoms. The van der Waals surface area contributed by atoms with E-state index in [0.717, 1.165) is 29.3 Å². The Morgan fingerprint density at radius 3 is 1.67 bits per heavy atom. The minimum absolute atomic E-state index is 0.742. The number of halogens is 4. The van der Waals surface area contributed by atoms with Gasteiger partial charge in [0.25, 0.3) is 5.82 Å². The van der Waals surface area contributed by atoms with E-state index >= 15 is 0 Å². The maximum atomic E-state index is 9.75. The molecule has 8 heteroatoms. The molecule has 0 amide bonds. The van der Waals surface area contributed by atoms with Crippen molar-refractivity contribution in [2.75, 3.05) is 0 Å². The van der Waals surface area contributed by atoms with Crippen LogP contribution in [0.3, 0.4) is 0 Å². The normalized spacial score (nSPS) is 11.0. The van der Waals surface area contributed by atoms with E-state index in [0.29, 0.717) is 0 Å². The lowest BCUT2D eigenvalue weighted by molar-refractivity contribution is -0.733. The fourth-order valence-corrected chi connectivity index (χ4v) is 3.14. The third-order valence-electron chi connectivity index (χ3n) is 4.33. The third-order valence-corrected chi connectivity index (χ3v) is 4.33. The van der Waals surface area contributed by atoms with Gasteiger partial charge < -0.3 is 17.3 Å². The summed E-state index contributed by atoms with van der Waals surface area (Å²) in [6.45, 7) is 0.742. The van der Waals surface area contributed by atoms with Crippen molar-refractivity contribution >= 4 is 7.25 Å². The molecule has 0 unspecified atom stereocenters. The molecule has 0 fully saturated rings. The second-order valence-corrected chi connectivity index (χ2v) is 6.58. The zero-order chi connectivity index (χ0) is 21.6. The minimum Gasteiger partial charge on any atom is -0.418 e. The predicted molar refractivity (Wildman–Crippen MR) is 110 cm³/mol. The number of hydrogen-bond acceptors (Lipinski definition) is 1. The van der Waals surface area contributed by atoms with Crippen molar-refractivity contribution in [1.29, 1.82) is 0 Å².